The Morgan fingerprint density at radius 2 is 2.21 bits per heavy atom. The van der Waals surface area contributed by atoms with Crippen LogP contribution in [-0.2, 0) is 10.5 Å². The number of anilines is 2. The third-order valence-electron chi connectivity index (χ3n) is 4.74. The lowest BCUT2D eigenvalue weighted by Gasteiger charge is -2.33. The van der Waals surface area contributed by atoms with Crippen molar-refractivity contribution in [1.29, 1.82) is 0 Å². The summed E-state index contributed by atoms with van der Waals surface area (Å²) in [6.07, 6.45) is 2.48. The predicted octanol–water partition coefficient (Wildman–Crippen LogP) is -0.625. The summed E-state index contributed by atoms with van der Waals surface area (Å²) < 4.78 is 7.15. The molecule has 2 aromatic rings. The Balaban J connectivity index is 1.86. The van der Waals surface area contributed by atoms with Crippen LogP contribution in [0.15, 0.2) is 12.3 Å². The number of aliphatic hydroxyl groups excluding tert-OH is 2. The molecule has 4 rings (SSSR count). The number of nitrogens with one attached hydrogen (secondary N) is 1. The minimum atomic E-state index is -1.52. The third kappa shape index (κ3) is 2.16. The van der Waals surface area contributed by atoms with E-state index in [1.54, 1.807) is 12.3 Å². The van der Waals surface area contributed by atoms with Crippen LogP contribution in [-0.4, -0.2) is 60.8 Å². The van der Waals surface area contributed by atoms with Crippen molar-refractivity contribution in [1.82, 2.24) is 14.5 Å². The molecule has 2 aromatic heterocycles. The standard InChI is InChI=1S/C15H21N5O4/c1-14(23)7-24-15(6-21,12(14)22)20-5-4-9-10(17-8-2-3-8)18-13(16)19-11(9)20/h4-5,8,12,21-23H,2-3,6-7H2,1H3,(H3,16,17,18,19)/t12-,14-,15-/m0/s1. The number of hydrogen-bond donors (Lipinski definition) is 5. The van der Waals surface area contributed by atoms with Gasteiger partial charge >= 0.3 is 0 Å². The lowest BCUT2D eigenvalue weighted by molar-refractivity contribution is -0.154. The first-order chi connectivity index (χ1) is 11.4. The smallest absolute Gasteiger partial charge is 0.223 e. The maximum absolute atomic E-state index is 10.5. The average Bonchev–Trinajstić information content (AvgIpc) is 3.20. The summed E-state index contributed by atoms with van der Waals surface area (Å²) in [5.74, 6) is 0.698. The highest BCUT2D eigenvalue weighted by Gasteiger charge is 2.57. The molecule has 0 amide bonds. The molecule has 9 heteroatoms. The molecule has 0 unspecified atom stereocenters. The topological polar surface area (TPSA) is 139 Å². The molecule has 9 nitrogen and oxygen atoms in total. The minimum absolute atomic E-state index is 0.0814. The van der Waals surface area contributed by atoms with E-state index in [1.807, 2.05) is 0 Å². The van der Waals surface area contributed by atoms with Crippen molar-refractivity contribution in [3.63, 3.8) is 0 Å². The lowest BCUT2D eigenvalue weighted by Crippen LogP contribution is -2.52. The van der Waals surface area contributed by atoms with Gasteiger partial charge in [-0.1, -0.05) is 0 Å². The van der Waals surface area contributed by atoms with E-state index in [-0.39, 0.29) is 12.6 Å². The Labute approximate surface area is 138 Å². The summed E-state index contributed by atoms with van der Waals surface area (Å²) in [5, 5.41) is 34.8. The SMILES string of the molecule is C[C@]1(O)CO[C@](CO)(n2ccc3c(NC4CC4)nc(N)nc32)[C@H]1O. The van der Waals surface area contributed by atoms with E-state index >= 15 is 0 Å². The van der Waals surface area contributed by atoms with Crippen molar-refractivity contribution < 1.29 is 20.1 Å². The van der Waals surface area contributed by atoms with E-state index in [2.05, 4.69) is 15.3 Å². The Morgan fingerprint density at radius 1 is 1.46 bits per heavy atom. The largest absolute Gasteiger partial charge is 0.391 e. The van der Waals surface area contributed by atoms with Gasteiger partial charge in [-0.05, 0) is 25.8 Å². The first-order valence-corrected chi connectivity index (χ1v) is 7.94. The summed E-state index contributed by atoms with van der Waals surface area (Å²) in [4.78, 5) is 8.49. The van der Waals surface area contributed by atoms with Gasteiger partial charge in [-0.15, -0.1) is 0 Å². The van der Waals surface area contributed by atoms with Gasteiger partial charge in [0, 0.05) is 12.2 Å². The quantitative estimate of drug-likeness (QED) is 0.498. The number of rotatable bonds is 4. The molecule has 1 aliphatic heterocycles. The third-order valence-corrected chi connectivity index (χ3v) is 4.74. The molecule has 0 bridgehead atoms. The Morgan fingerprint density at radius 3 is 2.79 bits per heavy atom. The van der Waals surface area contributed by atoms with Crippen molar-refractivity contribution in [3.05, 3.63) is 12.3 Å². The summed E-state index contributed by atoms with van der Waals surface area (Å²) >= 11 is 0. The highest BCUT2D eigenvalue weighted by Crippen LogP contribution is 2.40. The van der Waals surface area contributed by atoms with E-state index in [4.69, 9.17) is 10.5 Å². The number of nitrogens with two attached hydrogens (primary N) is 1. The fourth-order valence-electron chi connectivity index (χ4n) is 3.19. The Bertz CT molecular complexity index is 788. The van der Waals surface area contributed by atoms with Crippen molar-refractivity contribution in [2.75, 3.05) is 24.3 Å². The number of hydrogen-bond acceptors (Lipinski definition) is 8. The molecule has 24 heavy (non-hydrogen) atoms. The molecule has 2 aliphatic rings. The van der Waals surface area contributed by atoms with Gasteiger partial charge in [-0.25, -0.2) is 0 Å². The number of nitrogens with zero attached hydrogens (tertiary/aromatic N) is 3. The number of fused-ring (bicyclic) bond motifs is 1. The van der Waals surface area contributed by atoms with Gasteiger partial charge < -0.3 is 31.1 Å². The van der Waals surface area contributed by atoms with Crippen molar-refractivity contribution in [2.24, 2.45) is 0 Å². The maximum Gasteiger partial charge on any atom is 0.223 e. The Hall–Kier alpha value is -1.94. The predicted molar refractivity (Wildman–Crippen MR) is 86.2 cm³/mol. The molecule has 6 N–H and O–H groups in total. The normalized spacial score (nSPS) is 33.2. The second-order valence-corrected chi connectivity index (χ2v) is 6.82. The Kier molecular flexibility index (Phi) is 3.26. The molecule has 3 atom stereocenters. The van der Waals surface area contributed by atoms with Crippen LogP contribution >= 0.6 is 0 Å². The summed E-state index contributed by atoms with van der Waals surface area (Å²) in [6, 6.07) is 2.16. The van der Waals surface area contributed by atoms with E-state index in [0.717, 1.165) is 12.8 Å². The first-order valence-electron chi connectivity index (χ1n) is 7.94. The number of aliphatic hydroxyl groups is 3. The molecular weight excluding hydrogens is 314 g/mol. The molecule has 0 radical (unpaired) electrons. The van der Waals surface area contributed by atoms with Crippen LogP contribution in [0.4, 0.5) is 11.8 Å². The van der Waals surface area contributed by atoms with Crippen LogP contribution < -0.4 is 11.1 Å². The van der Waals surface area contributed by atoms with E-state index in [0.29, 0.717) is 22.9 Å². The first kappa shape index (κ1) is 15.6. The number of nitrogen functional groups attached to an aromatic ring is 1. The second-order valence-electron chi connectivity index (χ2n) is 6.82. The molecule has 130 valence electrons. The summed E-state index contributed by atoms with van der Waals surface area (Å²) in [6.45, 7) is 0.829. The lowest BCUT2D eigenvalue weighted by atomic mass is 9.95. The van der Waals surface area contributed by atoms with Gasteiger partial charge in [0.15, 0.2) is 5.72 Å². The van der Waals surface area contributed by atoms with Crippen LogP contribution in [0, 0.1) is 0 Å². The zero-order valence-corrected chi connectivity index (χ0v) is 13.3. The molecule has 1 saturated carbocycles. The van der Waals surface area contributed by atoms with Gasteiger partial charge in [-0.3, -0.25) is 4.57 Å². The van der Waals surface area contributed by atoms with Crippen LogP contribution in [0.1, 0.15) is 19.8 Å². The van der Waals surface area contributed by atoms with Gasteiger partial charge in [0.2, 0.25) is 5.95 Å². The van der Waals surface area contributed by atoms with Crippen LogP contribution in [0.3, 0.4) is 0 Å². The zero-order valence-electron chi connectivity index (χ0n) is 13.3. The molecule has 0 aromatic carbocycles. The zero-order chi connectivity index (χ0) is 17.1. The van der Waals surface area contributed by atoms with Crippen molar-refractivity contribution in [2.45, 2.75) is 43.2 Å². The monoisotopic (exact) mass is 335 g/mol. The van der Waals surface area contributed by atoms with Gasteiger partial charge in [0.05, 0.1) is 18.6 Å². The molecule has 1 aliphatic carbocycles. The van der Waals surface area contributed by atoms with E-state index in [9.17, 15) is 15.3 Å². The average molecular weight is 335 g/mol. The van der Waals surface area contributed by atoms with Gasteiger partial charge in [0.1, 0.15) is 23.2 Å². The van der Waals surface area contributed by atoms with E-state index < -0.39 is 24.0 Å². The molecule has 0 spiro atoms. The second kappa shape index (κ2) is 5.03. The molecule has 3 heterocycles. The highest BCUT2D eigenvalue weighted by molar-refractivity contribution is 5.89. The number of ether oxygens (including phenoxy) is 1. The highest BCUT2D eigenvalue weighted by atomic mass is 16.6. The summed E-state index contributed by atoms with van der Waals surface area (Å²) in [5.41, 5.74) is 3.25. The van der Waals surface area contributed by atoms with Gasteiger partial charge in [0.25, 0.3) is 0 Å². The van der Waals surface area contributed by atoms with Crippen LogP contribution in [0.25, 0.3) is 11.0 Å². The fourth-order valence-corrected chi connectivity index (χ4v) is 3.19. The van der Waals surface area contributed by atoms with Crippen molar-refractivity contribution in [3.8, 4) is 0 Å². The number of aromatic nitrogens is 3. The van der Waals surface area contributed by atoms with E-state index in [1.165, 1.54) is 11.5 Å². The molecule has 1 saturated heterocycles. The molecular formula is C15H21N5O4. The van der Waals surface area contributed by atoms with Crippen LogP contribution in [0.2, 0.25) is 0 Å². The molecule has 2 fully saturated rings. The summed E-state index contributed by atoms with van der Waals surface area (Å²) in [7, 11) is 0. The van der Waals surface area contributed by atoms with Gasteiger partial charge in [-0.2, -0.15) is 9.97 Å². The fraction of sp³-hybridized carbons (Fsp3) is 0.600. The minimum Gasteiger partial charge on any atom is -0.391 e. The maximum atomic E-state index is 10.5. The van der Waals surface area contributed by atoms with Crippen molar-refractivity contribution >= 4 is 22.8 Å². The van der Waals surface area contributed by atoms with Crippen LogP contribution in [0.5, 0.6) is 0 Å².